The number of thiol groups is 1. The number of carbonyl (C=O) groups is 4. The Hall–Kier alpha value is -1.85. The van der Waals surface area contributed by atoms with E-state index in [2.05, 4.69) is 23.3 Å². The molecule has 1 aliphatic rings. The molecule has 1 rings (SSSR count). The van der Waals surface area contributed by atoms with Gasteiger partial charge in [-0.1, -0.05) is 0 Å². The molecule has 5 atom stereocenters. The lowest BCUT2D eigenvalue weighted by Gasteiger charge is -2.27. The quantitative estimate of drug-likeness (QED) is 0.254. The van der Waals surface area contributed by atoms with Crippen LogP contribution >= 0.6 is 12.6 Å². The van der Waals surface area contributed by atoms with Crippen LogP contribution in [0.3, 0.4) is 0 Å². The van der Waals surface area contributed by atoms with Gasteiger partial charge in [-0.05, 0) is 26.7 Å². The predicted molar refractivity (Wildman–Crippen MR) is 95.4 cm³/mol. The summed E-state index contributed by atoms with van der Waals surface area (Å²) >= 11 is 4.01. The molecule has 1 aliphatic heterocycles. The second kappa shape index (κ2) is 9.74. The molecule has 0 spiro atoms. The number of rotatable bonds is 8. The Morgan fingerprint density at radius 3 is 2.35 bits per heavy atom. The van der Waals surface area contributed by atoms with Gasteiger partial charge in [0.2, 0.25) is 17.7 Å². The topological polar surface area (TPSA) is 162 Å². The van der Waals surface area contributed by atoms with Gasteiger partial charge in [0.15, 0.2) is 6.04 Å². The number of carboxylic acid groups (broad SMARTS) is 1. The number of aliphatic hydroxyl groups excluding tert-OH is 1. The maximum atomic E-state index is 12.5. The van der Waals surface area contributed by atoms with E-state index in [9.17, 15) is 24.3 Å². The summed E-state index contributed by atoms with van der Waals surface area (Å²) in [5.41, 5.74) is 5.59. The third-order valence-electron chi connectivity index (χ3n) is 4.09. The minimum Gasteiger partial charge on any atom is -0.480 e. The summed E-state index contributed by atoms with van der Waals surface area (Å²) in [6.45, 7) is 3.16. The van der Waals surface area contributed by atoms with E-state index in [4.69, 9.17) is 10.8 Å². The van der Waals surface area contributed by atoms with Crippen molar-refractivity contribution in [3.8, 4) is 0 Å². The van der Waals surface area contributed by atoms with E-state index in [-0.39, 0.29) is 11.7 Å². The summed E-state index contributed by atoms with van der Waals surface area (Å²) in [6.07, 6.45) is -0.240. The molecule has 148 valence electrons. The van der Waals surface area contributed by atoms with Crippen LogP contribution in [0.2, 0.25) is 0 Å². The largest absolute Gasteiger partial charge is 0.480 e. The fraction of sp³-hybridized carbons (Fsp3) is 0.733. The first-order chi connectivity index (χ1) is 12.1. The third kappa shape index (κ3) is 5.58. The molecule has 0 aromatic carbocycles. The smallest absolute Gasteiger partial charge is 0.328 e. The number of nitrogens with one attached hydrogen (secondary N) is 2. The highest BCUT2D eigenvalue weighted by Gasteiger charge is 2.37. The number of likely N-dealkylation sites (tertiary alicyclic amines) is 1. The summed E-state index contributed by atoms with van der Waals surface area (Å²) in [4.78, 5) is 49.2. The molecule has 3 amide bonds. The van der Waals surface area contributed by atoms with Crippen LogP contribution in [0.4, 0.5) is 0 Å². The minimum absolute atomic E-state index is 0.0856. The number of hydrogen-bond donors (Lipinski definition) is 6. The molecule has 0 bridgehead atoms. The van der Waals surface area contributed by atoms with Gasteiger partial charge in [0, 0.05) is 12.3 Å². The molecule has 0 aliphatic carbocycles. The minimum atomic E-state index is -1.51. The fourth-order valence-corrected chi connectivity index (χ4v) is 2.93. The van der Waals surface area contributed by atoms with Crippen LogP contribution in [0.25, 0.3) is 0 Å². The number of carboxylic acids is 1. The highest BCUT2D eigenvalue weighted by Crippen LogP contribution is 2.18. The first kappa shape index (κ1) is 22.2. The van der Waals surface area contributed by atoms with Crippen LogP contribution in [0, 0.1) is 0 Å². The van der Waals surface area contributed by atoms with Gasteiger partial charge in [0.25, 0.3) is 0 Å². The van der Waals surface area contributed by atoms with E-state index in [0.717, 1.165) is 0 Å². The summed E-state index contributed by atoms with van der Waals surface area (Å²) in [5, 5.41) is 23.1. The Labute approximate surface area is 156 Å². The molecule has 0 aromatic heterocycles. The highest BCUT2D eigenvalue weighted by atomic mass is 32.1. The number of nitrogens with two attached hydrogens (primary N) is 1. The van der Waals surface area contributed by atoms with Crippen molar-refractivity contribution in [2.45, 2.75) is 57.0 Å². The van der Waals surface area contributed by atoms with Gasteiger partial charge >= 0.3 is 5.97 Å². The first-order valence-corrected chi connectivity index (χ1v) is 8.91. The van der Waals surface area contributed by atoms with Crippen LogP contribution in [-0.4, -0.2) is 81.4 Å². The Balaban J connectivity index is 2.77. The van der Waals surface area contributed by atoms with Gasteiger partial charge in [-0.3, -0.25) is 14.4 Å². The summed E-state index contributed by atoms with van der Waals surface area (Å²) in [7, 11) is 0. The normalized spacial score (nSPS) is 21.4. The molecular formula is C15H26N4O6S. The number of aliphatic hydroxyl groups is 1. The lowest BCUT2D eigenvalue weighted by molar-refractivity contribution is -0.145. The van der Waals surface area contributed by atoms with Crippen molar-refractivity contribution in [1.82, 2.24) is 15.5 Å². The Kier molecular flexibility index (Phi) is 8.31. The second-order valence-corrected chi connectivity index (χ2v) is 6.65. The van der Waals surface area contributed by atoms with E-state index in [1.165, 1.54) is 18.7 Å². The Bertz CT molecular complexity index is 556. The zero-order chi connectivity index (χ0) is 20.0. The average molecular weight is 390 g/mol. The van der Waals surface area contributed by atoms with Crippen LogP contribution in [0.15, 0.2) is 0 Å². The van der Waals surface area contributed by atoms with Gasteiger partial charge in [-0.2, -0.15) is 12.6 Å². The maximum Gasteiger partial charge on any atom is 0.328 e. The molecule has 26 heavy (non-hydrogen) atoms. The van der Waals surface area contributed by atoms with Crippen molar-refractivity contribution in [2.75, 3.05) is 12.3 Å². The number of carbonyl (C=O) groups excluding carboxylic acids is 3. The van der Waals surface area contributed by atoms with Crippen LogP contribution in [0.5, 0.6) is 0 Å². The molecule has 11 heteroatoms. The van der Waals surface area contributed by atoms with E-state index in [0.29, 0.717) is 19.4 Å². The van der Waals surface area contributed by atoms with Crippen molar-refractivity contribution in [3.05, 3.63) is 0 Å². The fourth-order valence-electron chi connectivity index (χ4n) is 2.67. The first-order valence-electron chi connectivity index (χ1n) is 8.28. The maximum absolute atomic E-state index is 12.5. The summed E-state index contributed by atoms with van der Waals surface area (Å²) in [5.74, 6) is -3.16. The molecule has 0 aromatic rings. The lowest BCUT2D eigenvalue weighted by atomic mass is 10.1. The molecule has 1 saturated heterocycles. The van der Waals surface area contributed by atoms with Crippen molar-refractivity contribution in [3.63, 3.8) is 0 Å². The van der Waals surface area contributed by atoms with Crippen molar-refractivity contribution < 1.29 is 29.4 Å². The van der Waals surface area contributed by atoms with Crippen molar-refractivity contribution >= 4 is 36.3 Å². The molecule has 0 radical (unpaired) electrons. The summed E-state index contributed by atoms with van der Waals surface area (Å²) < 4.78 is 0. The van der Waals surface area contributed by atoms with Gasteiger partial charge < -0.3 is 31.5 Å². The number of amides is 3. The third-order valence-corrected chi connectivity index (χ3v) is 4.45. The number of aliphatic carboxylic acids is 1. The van der Waals surface area contributed by atoms with Crippen molar-refractivity contribution in [2.24, 2.45) is 5.73 Å². The zero-order valence-electron chi connectivity index (χ0n) is 14.7. The molecule has 1 heterocycles. The molecule has 6 N–H and O–H groups in total. The molecule has 1 fully saturated rings. The predicted octanol–water partition coefficient (Wildman–Crippen LogP) is -2.31. The van der Waals surface area contributed by atoms with Gasteiger partial charge in [-0.15, -0.1) is 0 Å². The molecular weight excluding hydrogens is 364 g/mol. The van der Waals surface area contributed by atoms with Crippen LogP contribution in [-0.2, 0) is 19.2 Å². The average Bonchev–Trinajstić information content (AvgIpc) is 3.05. The molecule has 5 unspecified atom stereocenters. The van der Waals surface area contributed by atoms with E-state index < -0.39 is 48.1 Å². The van der Waals surface area contributed by atoms with Crippen LogP contribution in [0.1, 0.15) is 26.7 Å². The van der Waals surface area contributed by atoms with Crippen molar-refractivity contribution in [1.29, 1.82) is 0 Å². The van der Waals surface area contributed by atoms with E-state index in [1.54, 1.807) is 0 Å². The lowest BCUT2D eigenvalue weighted by Crippen LogP contribution is -2.58. The summed E-state index contributed by atoms with van der Waals surface area (Å²) in [6, 6.07) is -4.10. The van der Waals surface area contributed by atoms with Gasteiger partial charge in [-0.25, -0.2) is 4.79 Å². The van der Waals surface area contributed by atoms with Gasteiger partial charge in [0.05, 0.1) is 12.1 Å². The van der Waals surface area contributed by atoms with E-state index in [1.807, 2.05) is 0 Å². The molecule has 10 nitrogen and oxygen atoms in total. The number of hydrogen-bond acceptors (Lipinski definition) is 7. The Morgan fingerprint density at radius 1 is 1.27 bits per heavy atom. The number of nitrogens with zero attached hydrogens (tertiary/aromatic N) is 1. The van der Waals surface area contributed by atoms with E-state index >= 15 is 0 Å². The highest BCUT2D eigenvalue weighted by molar-refractivity contribution is 7.80. The van der Waals surface area contributed by atoms with Gasteiger partial charge in [0.1, 0.15) is 12.1 Å². The zero-order valence-corrected chi connectivity index (χ0v) is 15.6. The SMILES string of the molecule is CC(N)C(=O)N1CCCC1C(=O)NC(CS)C(=O)NC(C(=O)O)C(C)O. The van der Waals surface area contributed by atoms with Crippen LogP contribution < -0.4 is 16.4 Å². The monoisotopic (exact) mass is 390 g/mol. The standard InChI is InChI=1S/C15H26N4O6S/c1-7(16)14(23)19-5-3-4-10(19)13(22)17-9(6-26)12(21)18-11(8(2)20)15(24)25/h7-11,20,26H,3-6,16H2,1-2H3,(H,17,22)(H,18,21)(H,24,25). The second-order valence-electron chi connectivity index (χ2n) is 6.29. The molecule has 0 saturated carbocycles. The Morgan fingerprint density at radius 2 is 1.88 bits per heavy atom.